The minimum absolute atomic E-state index is 0.0449. The lowest BCUT2D eigenvalue weighted by Crippen LogP contribution is -2.42. The summed E-state index contributed by atoms with van der Waals surface area (Å²) in [5.74, 6) is 0.159. The number of carbonyl (C=O) groups is 2. The zero-order valence-corrected chi connectivity index (χ0v) is 20.3. The summed E-state index contributed by atoms with van der Waals surface area (Å²) in [5.41, 5.74) is 0.985. The fourth-order valence-corrected chi connectivity index (χ4v) is 3.57. The molecule has 0 aliphatic rings. The summed E-state index contributed by atoms with van der Waals surface area (Å²) in [6.07, 6.45) is 2.17. The Hall–Kier alpha value is -4.41. The molecule has 0 saturated carbocycles. The van der Waals surface area contributed by atoms with Crippen molar-refractivity contribution in [2.24, 2.45) is 0 Å². The predicted molar refractivity (Wildman–Crippen MR) is 135 cm³/mol. The molecule has 2 heterocycles. The summed E-state index contributed by atoms with van der Waals surface area (Å²) in [7, 11) is 1.83. The molecule has 1 unspecified atom stereocenters. The standard InChI is InChI=1S/C25H30N6O5/c1-18-15-31(24(34)29-23(18)30(2)13-12-27-21-10-6-7-11-26-21)16-20(14-22(32)33)28-25(35)36-17-19-8-4-3-5-9-19/h3-11,15,20H,12-14,16-17H2,1-2H3,(H,26,27)(H,28,35)(H,32,33). The van der Waals surface area contributed by atoms with Gasteiger partial charge in [0.1, 0.15) is 18.2 Å². The largest absolute Gasteiger partial charge is 0.481 e. The molecule has 0 saturated heterocycles. The van der Waals surface area contributed by atoms with E-state index in [2.05, 4.69) is 20.6 Å². The Morgan fingerprint density at radius 1 is 1.17 bits per heavy atom. The van der Waals surface area contributed by atoms with Crippen molar-refractivity contribution in [3.8, 4) is 0 Å². The van der Waals surface area contributed by atoms with E-state index in [0.29, 0.717) is 18.9 Å². The van der Waals surface area contributed by atoms with Crippen LogP contribution in [0.4, 0.5) is 16.4 Å². The number of alkyl carbamates (subject to hydrolysis) is 1. The van der Waals surface area contributed by atoms with Crippen LogP contribution < -0.4 is 21.2 Å². The van der Waals surface area contributed by atoms with Crippen LogP contribution in [0.5, 0.6) is 0 Å². The van der Waals surface area contributed by atoms with Crippen LogP contribution in [-0.2, 0) is 22.7 Å². The van der Waals surface area contributed by atoms with Gasteiger partial charge in [-0.25, -0.2) is 14.6 Å². The van der Waals surface area contributed by atoms with E-state index < -0.39 is 23.8 Å². The molecule has 190 valence electrons. The number of anilines is 2. The van der Waals surface area contributed by atoms with Crippen molar-refractivity contribution in [1.29, 1.82) is 0 Å². The fraction of sp³-hybridized carbons (Fsp3) is 0.320. The highest BCUT2D eigenvalue weighted by Gasteiger charge is 2.19. The van der Waals surface area contributed by atoms with Crippen molar-refractivity contribution in [2.45, 2.75) is 32.5 Å². The first kappa shape index (κ1) is 26.2. The molecular weight excluding hydrogens is 464 g/mol. The highest BCUT2D eigenvalue weighted by atomic mass is 16.5. The molecule has 1 aromatic carbocycles. The minimum Gasteiger partial charge on any atom is -0.481 e. The number of aromatic nitrogens is 3. The summed E-state index contributed by atoms with van der Waals surface area (Å²) >= 11 is 0. The van der Waals surface area contributed by atoms with Crippen LogP contribution in [0.25, 0.3) is 0 Å². The lowest BCUT2D eigenvalue weighted by atomic mass is 10.2. The van der Waals surface area contributed by atoms with E-state index in [0.717, 1.165) is 16.9 Å². The van der Waals surface area contributed by atoms with E-state index in [1.54, 1.807) is 12.4 Å². The number of carbonyl (C=O) groups excluding carboxylic acids is 1. The van der Waals surface area contributed by atoms with E-state index in [1.165, 1.54) is 4.57 Å². The molecule has 11 nitrogen and oxygen atoms in total. The number of likely N-dealkylation sites (N-methyl/N-ethyl adjacent to an activating group) is 1. The third-order valence-electron chi connectivity index (χ3n) is 5.30. The summed E-state index contributed by atoms with van der Waals surface area (Å²) in [6, 6.07) is 13.8. The summed E-state index contributed by atoms with van der Waals surface area (Å²) in [4.78, 5) is 46.6. The number of carboxylic acid groups (broad SMARTS) is 1. The third-order valence-corrected chi connectivity index (χ3v) is 5.30. The molecule has 0 bridgehead atoms. The second-order valence-electron chi connectivity index (χ2n) is 8.25. The maximum atomic E-state index is 12.7. The van der Waals surface area contributed by atoms with Gasteiger partial charge in [0.05, 0.1) is 12.5 Å². The molecule has 0 radical (unpaired) electrons. The Morgan fingerprint density at radius 2 is 1.92 bits per heavy atom. The van der Waals surface area contributed by atoms with Gasteiger partial charge in [0, 0.05) is 44.6 Å². The number of nitrogens with zero attached hydrogens (tertiary/aromatic N) is 4. The van der Waals surface area contributed by atoms with Crippen LogP contribution >= 0.6 is 0 Å². The smallest absolute Gasteiger partial charge is 0.407 e. The number of ether oxygens (including phenoxy) is 1. The van der Waals surface area contributed by atoms with Crippen molar-refractivity contribution in [1.82, 2.24) is 19.9 Å². The summed E-state index contributed by atoms with van der Waals surface area (Å²) in [5, 5.41) is 15.0. The highest BCUT2D eigenvalue weighted by Crippen LogP contribution is 2.13. The predicted octanol–water partition coefficient (Wildman–Crippen LogP) is 2.26. The van der Waals surface area contributed by atoms with Crippen molar-refractivity contribution in [3.05, 3.63) is 82.5 Å². The maximum absolute atomic E-state index is 12.7. The van der Waals surface area contributed by atoms with Crippen LogP contribution in [0.3, 0.4) is 0 Å². The number of hydrogen-bond acceptors (Lipinski definition) is 8. The minimum atomic E-state index is -1.11. The molecule has 0 spiro atoms. The van der Waals surface area contributed by atoms with Crippen LogP contribution in [0.2, 0.25) is 0 Å². The average Bonchev–Trinajstić information content (AvgIpc) is 2.85. The second-order valence-corrected chi connectivity index (χ2v) is 8.25. The molecule has 1 amide bonds. The third kappa shape index (κ3) is 8.12. The van der Waals surface area contributed by atoms with E-state index in [-0.39, 0.29) is 19.6 Å². The highest BCUT2D eigenvalue weighted by molar-refractivity contribution is 5.71. The molecule has 0 aliphatic heterocycles. The number of rotatable bonds is 12. The first-order valence-corrected chi connectivity index (χ1v) is 11.4. The Morgan fingerprint density at radius 3 is 2.61 bits per heavy atom. The maximum Gasteiger partial charge on any atom is 0.407 e. The number of carboxylic acids is 1. The first-order valence-electron chi connectivity index (χ1n) is 11.4. The lowest BCUT2D eigenvalue weighted by molar-refractivity contribution is -0.137. The molecule has 0 fully saturated rings. The van der Waals surface area contributed by atoms with Gasteiger partial charge in [-0.05, 0) is 24.6 Å². The van der Waals surface area contributed by atoms with Crippen molar-refractivity contribution < 1.29 is 19.4 Å². The molecule has 11 heteroatoms. The first-order chi connectivity index (χ1) is 17.3. The van der Waals surface area contributed by atoms with Gasteiger partial charge in [0.15, 0.2) is 0 Å². The number of pyridine rings is 1. The molecule has 1 atom stereocenters. The van der Waals surface area contributed by atoms with E-state index in [9.17, 15) is 19.5 Å². The zero-order valence-electron chi connectivity index (χ0n) is 20.3. The summed E-state index contributed by atoms with van der Waals surface area (Å²) < 4.78 is 6.48. The van der Waals surface area contributed by atoms with Gasteiger partial charge in [-0.2, -0.15) is 4.98 Å². The number of benzene rings is 1. The number of amides is 1. The number of nitrogens with one attached hydrogen (secondary N) is 2. The number of hydrogen-bond donors (Lipinski definition) is 3. The van der Waals surface area contributed by atoms with Gasteiger partial charge in [-0.15, -0.1) is 0 Å². The van der Waals surface area contributed by atoms with E-state index in [4.69, 9.17) is 4.74 Å². The molecular formula is C25H30N6O5. The van der Waals surface area contributed by atoms with Crippen molar-refractivity contribution in [3.63, 3.8) is 0 Å². The topological polar surface area (TPSA) is 139 Å². The van der Waals surface area contributed by atoms with Gasteiger partial charge in [-0.1, -0.05) is 36.4 Å². The Bertz CT molecular complexity index is 1200. The molecule has 3 N–H and O–H groups in total. The second kappa shape index (κ2) is 12.9. The zero-order chi connectivity index (χ0) is 25.9. The SMILES string of the molecule is Cc1cn(CC(CC(=O)O)NC(=O)OCc2ccccc2)c(=O)nc1N(C)CCNc1ccccn1. The fourth-order valence-electron chi connectivity index (χ4n) is 3.57. The van der Waals surface area contributed by atoms with E-state index >= 15 is 0 Å². The van der Waals surface area contributed by atoms with Crippen LogP contribution in [-0.4, -0.2) is 57.9 Å². The quantitative estimate of drug-likeness (QED) is 0.346. The average molecular weight is 495 g/mol. The number of aliphatic carboxylic acids is 1. The number of aryl methyl sites for hydroxylation is 1. The monoisotopic (exact) mass is 494 g/mol. The molecule has 2 aromatic heterocycles. The molecule has 0 aliphatic carbocycles. The van der Waals surface area contributed by atoms with Crippen LogP contribution in [0, 0.1) is 6.92 Å². The van der Waals surface area contributed by atoms with Crippen LogP contribution in [0.1, 0.15) is 17.5 Å². The summed E-state index contributed by atoms with van der Waals surface area (Å²) in [6.45, 7) is 2.96. The lowest BCUT2D eigenvalue weighted by Gasteiger charge is -2.22. The molecule has 3 aromatic rings. The van der Waals surface area contributed by atoms with Gasteiger partial charge < -0.3 is 25.4 Å². The molecule has 36 heavy (non-hydrogen) atoms. The van der Waals surface area contributed by atoms with Gasteiger partial charge in [0.25, 0.3) is 0 Å². The Kier molecular flexibility index (Phi) is 9.38. The Labute approximate surface area is 208 Å². The van der Waals surface area contributed by atoms with Crippen LogP contribution in [0.15, 0.2) is 65.7 Å². The van der Waals surface area contributed by atoms with Gasteiger partial charge in [0.2, 0.25) is 0 Å². The van der Waals surface area contributed by atoms with Crippen molar-refractivity contribution >= 4 is 23.7 Å². The van der Waals surface area contributed by atoms with Crippen molar-refractivity contribution in [2.75, 3.05) is 30.4 Å². The van der Waals surface area contributed by atoms with Gasteiger partial charge >= 0.3 is 17.8 Å². The Balaban J connectivity index is 1.61. The molecule has 3 rings (SSSR count). The van der Waals surface area contributed by atoms with E-state index in [1.807, 2.05) is 67.4 Å². The normalized spacial score (nSPS) is 11.4. The van der Waals surface area contributed by atoms with Gasteiger partial charge in [-0.3, -0.25) is 9.36 Å².